The molecule has 0 saturated carbocycles. The van der Waals surface area contributed by atoms with Gasteiger partial charge in [-0.3, -0.25) is 0 Å². The molecule has 10 heavy (non-hydrogen) atoms. The summed E-state index contributed by atoms with van der Waals surface area (Å²) in [5, 5.41) is 7.49. The fraction of sp³-hybridized carbons (Fsp3) is 0.429. The maximum atomic E-state index is 4.56. The van der Waals surface area contributed by atoms with Crippen LogP contribution in [-0.2, 0) is 6.42 Å². The molecule has 0 aliphatic heterocycles. The van der Waals surface area contributed by atoms with Crippen LogP contribution in [0.4, 0.5) is 0 Å². The predicted molar refractivity (Wildman–Crippen MR) is 36.2 cm³/mol. The molecule has 52 valence electrons. The Bertz CT molecular complexity index is 264. The summed E-state index contributed by atoms with van der Waals surface area (Å²) in [5.41, 5.74) is 1.87. The molecule has 3 nitrogen and oxygen atoms in total. The minimum absolute atomic E-state index is 0.569. The maximum Gasteiger partial charge on any atom is 0.130 e. The average molecular weight is 136 g/mol. The number of hydrogen-bond donors (Lipinski definition) is 0. The third kappa shape index (κ3) is 0.744. The Morgan fingerprint density at radius 1 is 1.60 bits per heavy atom. The van der Waals surface area contributed by atoms with E-state index in [1.54, 1.807) is 0 Å². The molecule has 0 spiro atoms. The van der Waals surface area contributed by atoms with Gasteiger partial charge in [-0.1, -0.05) is 23.3 Å². The van der Waals surface area contributed by atoms with Gasteiger partial charge in [0.25, 0.3) is 0 Å². The first-order chi connectivity index (χ1) is 4.86. The molecule has 0 N–H and O–H groups in total. The van der Waals surface area contributed by atoms with Gasteiger partial charge in [-0.05, 0) is 12.0 Å². The van der Waals surface area contributed by atoms with Gasteiger partial charge < -0.3 is 0 Å². The van der Waals surface area contributed by atoms with Crippen molar-refractivity contribution in [1.82, 2.24) is 10.3 Å². The molecule has 1 aliphatic rings. The molecule has 1 aromatic heterocycles. The Morgan fingerprint density at radius 3 is 3.40 bits per heavy atom. The molecule has 0 amide bonds. The molecule has 0 radical (unpaired) electrons. The SMILES string of the molecule is CC1C=Cc2nonc2C1. The Hall–Kier alpha value is -1.12. The van der Waals surface area contributed by atoms with Crippen molar-refractivity contribution in [3.05, 3.63) is 17.5 Å². The van der Waals surface area contributed by atoms with E-state index in [1.165, 1.54) is 0 Å². The van der Waals surface area contributed by atoms with Gasteiger partial charge in [0, 0.05) is 6.42 Å². The molecule has 1 aliphatic carbocycles. The summed E-state index contributed by atoms with van der Waals surface area (Å²) in [7, 11) is 0. The maximum absolute atomic E-state index is 4.56. The summed E-state index contributed by atoms with van der Waals surface area (Å²) in [4.78, 5) is 0. The van der Waals surface area contributed by atoms with E-state index in [0.717, 1.165) is 17.8 Å². The highest BCUT2D eigenvalue weighted by molar-refractivity contribution is 5.49. The molecule has 1 atom stereocenters. The zero-order valence-corrected chi connectivity index (χ0v) is 5.74. The molecular weight excluding hydrogens is 128 g/mol. The van der Waals surface area contributed by atoms with Crippen molar-refractivity contribution >= 4 is 6.08 Å². The Labute approximate surface area is 58.7 Å². The van der Waals surface area contributed by atoms with Crippen molar-refractivity contribution in [2.75, 3.05) is 0 Å². The normalized spacial score (nSPS) is 22.7. The lowest BCUT2D eigenvalue weighted by Gasteiger charge is -2.06. The smallest absolute Gasteiger partial charge is 0.130 e. The molecule has 0 saturated heterocycles. The van der Waals surface area contributed by atoms with Crippen LogP contribution in [0.1, 0.15) is 18.3 Å². The fourth-order valence-corrected chi connectivity index (χ4v) is 1.11. The van der Waals surface area contributed by atoms with Crippen LogP contribution >= 0.6 is 0 Å². The lowest BCUT2D eigenvalue weighted by molar-refractivity contribution is 0.302. The van der Waals surface area contributed by atoms with Gasteiger partial charge in [-0.25, -0.2) is 4.63 Å². The van der Waals surface area contributed by atoms with Gasteiger partial charge in [0.15, 0.2) is 0 Å². The van der Waals surface area contributed by atoms with Crippen molar-refractivity contribution in [2.24, 2.45) is 5.92 Å². The minimum Gasteiger partial charge on any atom is -0.244 e. The topological polar surface area (TPSA) is 38.9 Å². The first-order valence-corrected chi connectivity index (χ1v) is 3.36. The second-order valence-corrected chi connectivity index (χ2v) is 2.64. The van der Waals surface area contributed by atoms with Gasteiger partial charge in [-0.15, -0.1) is 0 Å². The molecule has 2 rings (SSSR count). The number of rotatable bonds is 0. The first-order valence-electron chi connectivity index (χ1n) is 3.36. The number of aromatic nitrogens is 2. The van der Waals surface area contributed by atoms with E-state index < -0.39 is 0 Å². The Kier molecular flexibility index (Phi) is 1.09. The summed E-state index contributed by atoms with van der Waals surface area (Å²) in [5.74, 6) is 0.569. The molecule has 1 unspecified atom stereocenters. The van der Waals surface area contributed by atoms with E-state index in [9.17, 15) is 0 Å². The quantitative estimate of drug-likeness (QED) is 0.539. The van der Waals surface area contributed by atoms with Crippen LogP contribution in [0.5, 0.6) is 0 Å². The third-order valence-corrected chi connectivity index (χ3v) is 1.68. The van der Waals surface area contributed by atoms with Crippen LogP contribution in [0.25, 0.3) is 6.08 Å². The Morgan fingerprint density at radius 2 is 2.50 bits per heavy atom. The summed E-state index contributed by atoms with van der Waals surface area (Å²) >= 11 is 0. The van der Waals surface area contributed by atoms with Crippen molar-refractivity contribution in [2.45, 2.75) is 13.3 Å². The van der Waals surface area contributed by atoms with Gasteiger partial charge >= 0.3 is 0 Å². The van der Waals surface area contributed by atoms with E-state index >= 15 is 0 Å². The summed E-state index contributed by atoms with van der Waals surface area (Å²) in [6, 6.07) is 0. The van der Waals surface area contributed by atoms with E-state index in [2.05, 4.69) is 27.9 Å². The van der Waals surface area contributed by atoms with Gasteiger partial charge in [-0.2, -0.15) is 0 Å². The van der Waals surface area contributed by atoms with Crippen molar-refractivity contribution in [1.29, 1.82) is 0 Å². The molecule has 3 heteroatoms. The zero-order chi connectivity index (χ0) is 6.97. The fourth-order valence-electron chi connectivity index (χ4n) is 1.11. The van der Waals surface area contributed by atoms with Crippen LogP contribution in [0.15, 0.2) is 10.7 Å². The second kappa shape index (κ2) is 1.94. The number of allylic oxidation sites excluding steroid dienone is 1. The largest absolute Gasteiger partial charge is 0.244 e. The summed E-state index contributed by atoms with van der Waals surface area (Å²) < 4.78 is 4.56. The lowest BCUT2D eigenvalue weighted by Crippen LogP contribution is -2.02. The van der Waals surface area contributed by atoms with Crippen LogP contribution in [0, 0.1) is 5.92 Å². The molecule has 1 aromatic rings. The van der Waals surface area contributed by atoms with Gasteiger partial charge in [0.05, 0.1) is 0 Å². The molecule has 0 aromatic carbocycles. The molecule has 1 heterocycles. The molecule has 0 fully saturated rings. The first kappa shape index (κ1) is 5.65. The Balaban J connectivity index is 2.43. The standard InChI is InChI=1S/C7H8N2O/c1-5-2-3-6-7(4-5)9-10-8-6/h2-3,5H,4H2,1H3. The molecular formula is C7H8N2O. The average Bonchev–Trinajstić information content (AvgIpc) is 2.33. The van der Waals surface area contributed by atoms with Crippen molar-refractivity contribution in [3.63, 3.8) is 0 Å². The highest BCUT2D eigenvalue weighted by atomic mass is 16.6. The second-order valence-electron chi connectivity index (χ2n) is 2.64. The van der Waals surface area contributed by atoms with Crippen LogP contribution < -0.4 is 0 Å². The monoisotopic (exact) mass is 136 g/mol. The van der Waals surface area contributed by atoms with E-state index in [-0.39, 0.29) is 0 Å². The van der Waals surface area contributed by atoms with E-state index in [0.29, 0.717) is 5.92 Å². The number of nitrogens with zero attached hydrogens (tertiary/aromatic N) is 2. The van der Waals surface area contributed by atoms with Gasteiger partial charge in [0.1, 0.15) is 11.4 Å². The summed E-state index contributed by atoms with van der Waals surface area (Å²) in [6.07, 6.45) is 5.03. The lowest BCUT2D eigenvalue weighted by atomic mass is 9.99. The van der Waals surface area contributed by atoms with Crippen molar-refractivity contribution < 1.29 is 4.63 Å². The highest BCUT2D eigenvalue weighted by Crippen LogP contribution is 2.18. The molecule has 0 bridgehead atoms. The number of fused-ring (bicyclic) bond motifs is 1. The van der Waals surface area contributed by atoms with Crippen LogP contribution in [-0.4, -0.2) is 10.3 Å². The number of hydrogen-bond acceptors (Lipinski definition) is 3. The van der Waals surface area contributed by atoms with E-state index in [4.69, 9.17) is 0 Å². The predicted octanol–water partition coefficient (Wildman–Crippen LogP) is 1.27. The summed E-state index contributed by atoms with van der Waals surface area (Å²) in [6.45, 7) is 2.15. The van der Waals surface area contributed by atoms with E-state index in [1.807, 2.05) is 6.08 Å². The van der Waals surface area contributed by atoms with Crippen molar-refractivity contribution in [3.8, 4) is 0 Å². The third-order valence-electron chi connectivity index (χ3n) is 1.68. The zero-order valence-electron chi connectivity index (χ0n) is 5.74. The van der Waals surface area contributed by atoms with Crippen LogP contribution in [0.3, 0.4) is 0 Å². The van der Waals surface area contributed by atoms with Crippen LogP contribution in [0.2, 0.25) is 0 Å². The minimum atomic E-state index is 0.569. The highest BCUT2D eigenvalue weighted by Gasteiger charge is 2.13. The van der Waals surface area contributed by atoms with Gasteiger partial charge in [0.2, 0.25) is 0 Å².